The van der Waals surface area contributed by atoms with Gasteiger partial charge in [0, 0.05) is 23.5 Å². The molecule has 0 atom stereocenters. The number of aryl methyl sites for hydroxylation is 1. The molecule has 1 heterocycles. The van der Waals surface area contributed by atoms with Crippen molar-refractivity contribution in [1.82, 2.24) is 10.3 Å². The Hall–Kier alpha value is -0.410. The van der Waals surface area contributed by atoms with E-state index in [1.165, 1.54) is 24.3 Å². The summed E-state index contributed by atoms with van der Waals surface area (Å²) in [4.78, 5) is 4.55. The zero-order valence-corrected chi connectivity index (χ0v) is 11.4. The summed E-state index contributed by atoms with van der Waals surface area (Å²) in [7, 11) is 0. The first-order chi connectivity index (χ1) is 7.55. The van der Waals surface area contributed by atoms with E-state index in [4.69, 9.17) is 0 Å². The van der Waals surface area contributed by atoms with Gasteiger partial charge >= 0.3 is 0 Å². The molecule has 2 nitrogen and oxygen atoms in total. The lowest BCUT2D eigenvalue weighted by Crippen LogP contribution is -2.25. The normalized spacial score (nSPS) is 16.7. The van der Waals surface area contributed by atoms with Crippen molar-refractivity contribution < 1.29 is 0 Å². The Morgan fingerprint density at radius 2 is 2.25 bits per heavy atom. The van der Waals surface area contributed by atoms with Gasteiger partial charge in [0.05, 0.1) is 5.01 Å². The third-order valence-corrected chi connectivity index (χ3v) is 4.08. The van der Waals surface area contributed by atoms with Crippen molar-refractivity contribution in [2.45, 2.75) is 52.5 Å². The molecular weight excluding hydrogens is 216 g/mol. The van der Waals surface area contributed by atoms with E-state index in [1.807, 2.05) is 0 Å². The number of aromatic nitrogens is 1. The van der Waals surface area contributed by atoms with Crippen molar-refractivity contribution in [3.05, 3.63) is 16.1 Å². The van der Waals surface area contributed by atoms with Crippen LogP contribution in [-0.2, 0) is 6.42 Å². The molecule has 0 aromatic carbocycles. The molecule has 0 unspecified atom stereocenters. The summed E-state index contributed by atoms with van der Waals surface area (Å²) in [5.74, 6) is 0. The van der Waals surface area contributed by atoms with Crippen molar-refractivity contribution >= 4 is 11.3 Å². The first-order valence-corrected chi connectivity index (χ1v) is 7.07. The van der Waals surface area contributed by atoms with E-state index < -0.39 is 0 Å². The second-order valence-electron chi connectivity index (χ2n) is 5.70. The maximum Gasteiger partial charge on any atom is 0.0933 e. The predicted molar refractivity (Wildman–Crippen MR) is 70.0 cm³/mol. The minimum atomic E-state index is 0.367. The van der Waals surface area contributed by atoms with Crippen LogP contribution in [0.1, 0.15) is 43.8 Å². The van der Waals surface area contributed by atoms with E-state index in [-0.39, 0.29) is 0 Å². The highest BCUT2D eigenvalue weighted by Gasteiger charge is 2.23. The van der Waals surface area contributed by atoms with E-state index in [0.717, 1.165) is 24.7 Å². The lowest BCUT2D eigenvalue weighted by Gasteiger charge is -2.23. The monoisotopic (exact) mass is 238 g/mol. The summed E-state index contributed by atoms with van der Waals surface area (Å²) >= 11 is 1.80. The third-order valence-electron chi connectivity index (χ3n) is 3.11. The molecule has 1 saturated carbocycles. The Morgan fingerprint density at radius 1 is 1.50 bits per heavy atom. The fraction of sp³-hybridized carbons (Fsp3) is 0.769. The summed E-state index contributed by atoms with van der Waals surface area (Å²) in [6, 6.07) is 0.831. The largest absolute Gasteiger partial charge is 0.314 e. The Kier molecular flexibility index (Phi) is 3.65. The van der Waals surface area contributed by atoms with Crippen molar-refractivity contribution in [2.75, 3.05) is 6.54 Å². The Bertz CT molecular complexity index is 339. The molecule has 0 saturated heterocycles. The van der Waals surface area contributed by atoms with Gasteiger partial charge in [-0.05, 0) is 38.1 Å². The number of nitrogens with zero attached hydrogens (tertiary/aromatic N) is 1. The van der Waals surface area contributed by atoms with Gasteiger partial charge in [0.1, 0.15) is 0 Å². The van der Waals surface area contributed by atoms with Gasteiger partial charge in [-0.25, -0.2) is 4.98 Å². The molecule has 1 aromatic heterocycles. The highest BCUT2D eigenvalue weighted by molar-refractivity contribution is 7.09. The standard InChI is InChI=1S/C13H22N2S/c1-10-9-16-12(15-10)8-13(2,3)6-7-14-11-4-5-11/h9,11,14H,4-8H2,1-3H3. The highest BCUT2D eigenvalue weighted by atomic mass is 32.1. The van der Waals surface area contributed by atoms with Gasteiger partial charge in [0.25, 0.3) is 0 Å². The Balaban J connectivity index is 1.76. The fourth-order valence-corrected chi connectivity index (χ4v) is 2.91. The average Bonchev–Trinajstić information content (AvgIpc) is 2.90. The molecule has 0 bridgehead atoms. The van der Waals surface area contributed by atoms with Gasteiger partial charge < -0.3 is 5.32 Å². The minimum absolute atomic E-state index is 0.367. The molecule has 1 aliphatic carbocycles. The van der Waals surface area contributed by atoms with Crippen LogP contribution in [0.2, 0.25) is 0 Å². The van der Waals surface area contributed by atoms with Crippen molar-refractivity contribution in [1.29, 1.82) is 0 Å². The van der Waals surface area contributed by atoms with Gasteiger partial charge in [-0.2, -0.15) is 0 Å². The zero-order chi connectivity index (χ0) is 11.6. The summed E-state index contributed by atoms with van der Waals surface area (Å²) in [6.45, 7) is 7.92. The van der Waals surface area contributed by atoms with E-state index in [1.54, 1.807) is 11.3 Å². The van der Waals surface area contributed by atoms with Crippen LogP contribution < -0.4 is 5.32 Å². The first kappa shape index (κ1) is 12.1. The highest BCUT2D eigenvalue weighted by Crippen LogP contribution is 2.27. The van der Waals surface area contributed by atoms with Crippen molar-refractivity contribution in [3.63, 3.8) is 0 Å². The number of thiazole rings is 1. The van der Waals surface area contributed by atoms with E-state index >= 15 is 0 Å². The van der Waals surface area contributed by atoms with Gasteiger partial charge in [-0.3, -0.25) is 0 Å². The smallest absolute Gasteiger partial charge is 0.0933 e. The van der Waals surface area contributed by atoms with Crippen LogP contribution >= 0.6 is 11.3 Å². The second kappa shape index (κ2) is 4.84. The van der Waals surface area contributed by atoms with Crippen LogP contribution in [0.25, 0.3) is 0 Å². The predicted octanol–water partition coefficient (Wildman–Crippen LogP) is 3.16. The van der Waals surface area contributed by atoms with Crippen LogP contribution in [0.5, 0.6) is 0 Å². The van der Waals surface area contributed by atoms with Crippen LogP contribution in [0.4, 0.5) is 0 Å². The maximum atomic E-state index is 4.55. The molecular formula is C13H22N2S. The summed E-state index contributed by atoms with van der Waals surface area (Å²) < 4.78 is 0. The average molecular weight is 238 g/mol. The molecule has 16 heavy (non-hydrogen) atoms. The summed E-state index contributed by atoms with van der Waals surface area (Å²) in [5, 5.41) is 7.02. The summed E-state index contributed by atoms with van der Waals surface area (Å²) in [5.41, 5.74) is 1.53. The molecule has 0 aliphatic heterocycles. The lowest BCUT2D eigenvalue weighted by molar-refractivity contribution is 0.324. The Labute approximate surface area is 102 Å². The third kappa shape index (κ3) is 3.87. The molecule has 0 spiro atoms. The molecule has 2 rings (SSSR count). The number of hydrogen-bond donors (Lipinski definition) is 1. The zero-order valence-electron chi connectivity index (χ0n) is 10.5. The number of rotatable bonds is 6. The first-order valence-electron chi connectivity index (χ1n) is 6.20. The van der Waals surface area contributed by atoms with E-state index in [9.17, 15) is 0 Å². The molecule has 0 amide bonds. The van der Waals surface area contributed by atoms with E-state index in [2.05, 4.69) is 36.5 Å². The SMILES string of the molecule is Cc1csc(CC(C)(C)CCNC2CC2)n1. The molecule has 1 aliphatic rings. The second-order valence-corrected chi connectivity index (χ2v) is 6.64. The Morgan fingerprint density at radius 3 is 2.81 bits per heavy atom. The molecule has 90 valence electrons. The molecule has 1 N–H and O–H groups in total. The molecule has 3 heteroatoms. The maximum absolute atomic E-state index is 4.55. The fourth-order valence-electron chi connectivity index (χ4n) is 1.88. The topological polar surface area (TPSA) is 24.9 Å². The molecule has 0 radical (unpaired) electrons. The quantitative estimate of drug-likeness (QED) is 0.823. The molecule has 1 fully saturated rings. The van der Waals surface area contributed by atoms with Crippen LogP contribution in [-0.4, -0.2) is 17.6 Å². The lowest BCUT2D eigenvalue weighted by atomic mass is 9.86. The molecule has 1 aromatic rings. The van der Waals surface area contributed by atoms with Gasteiger partial charge in [-0.15, -0.1) is 11.3 Å². The van der Waals surface area contributed by atoms with Crippen LogP contribution in [0.15, 0.2) is 5.38 Å². The summed E-state index contributed by atoms with van der Waals surface area (Å²) in [6.07, 6.45) is 5.11. The van der Waals surface area contributed by atoms with Crippen molar-refractivity contribution in [3.8, 4) is 0 Å². The van der Waals surface area contributed by atoms with Crippen LogP contribution in [0, 0.1) is 12.3 Å². The van der Waals surface area contributed by atoms with Crippen LogP contribution in [0.3, 0.4) is 0 Å². The van der Waals surface area contributed by atoms with Gasteiger partial charge in [-0.1, -0.05) is 13.8 Å². The minimum Gasteiger partial charge on any atom is -0.314 e. The number of nitrogens with one attached hydrogen (secondary N) is 1. The van der Waals surface area contributed by atoms with E-state index in [0.29, 0.717) is 5.41 Å². The van der Waals surface area contributed by atoms with Crippen molar-refractivity contribution in [2.24, 2.45) is 5.41 Å². The number of hydrogen-bond acceptors (Lipinski definition) is 3. The van der Waals surface area contributed by atoms with Gasteiger partial charge in [0.2, 0.25) is 0 Å². The van der Waals surface area contributed by atoms with Gasteiger partial charge in [0.15, 0.2) is 0 Å².